The van der Waals surface area contributed by atoms with Crippen molar-refractivity contribution in [3.05, 3.63) is 38.9 Å². The van der Waals surface area contributed by atoms with Crippen molar-refractivity contribution in [2.75, 3.05) is 5.32 Å². The van der Waals surface area contributed by atoms with E-state index in [2.05, 4.69) is 5.32 Å². The number of anilines is 1. The number of nitrogens with one attached hydrogen (secondary N) is 1. The molecule has 0 aliphatic carbocycles. The smallest absolute Gasteiger partial charge is 0.316 e. The van der Waals surface area contributed by atoms with Gasteiger partial charge in [-0.2, -0.15) is 0 Å². The molecule has 0 radical (unpaired) electrons. The molecule has 0 bridgehead atoms. The van der Waals surface area contributed by atoms with Gasteiger partial charge in [0.15, 0.2) is 0 Å². The number of hydrogen-bond donors (Lipinski definition) is 1. The van der Waals surface area contributed by atoms with Crippen LogP contribution in [0.5, 0.6) is 0 Å². The van der Waals surface area contributed by atoms with Crippen molar-refractivity contribution in [1.82, 2.24) is 9.13 Å². The Morgan fingerprint density at radius 2 is 1.52 bits per heavy atom. The summed E-state index contributed by atoms with van der Waals surface area (Å²) in [5.41, 5.74) is 0.145. The molecule has 0 fully saturated rings. The lowest BCUT2D eigenvalue weighted by molar-refractivity contribution is -0.123. The molecule has 6 heteroatoms. The molecule has 112 valence electrons. The Hall–Kier alpha value is -2.37. The molecule has 0 aliphatic heterocycles. The summed E-state index contributed by atoms with van der Waals surface area (Å²) in [6.45, 7) is 5.47. The van der Waals surface area contributed by atoms with Gasteiger partial charge in [0.05, 0.1) is 11.0 Å². The number of carbonyl (C=O) groups excluding carboxylic acids is 1. The minimum atomic E-state index is -0.593. The SMILES string of the molecule is Cn1c(=O)c(=O)n(C)c2cc(NC(=O)C(C)(C)C)ccc21. The molecule has 0 spiro atoms. The van der Waals surface area contributed by atoms with Gasteiger partial charge in [-0.05, 0) is 18.2 Å². The van der Waals surface area contributed by atoms with Crippen molar-refractivity contribution < 1.29 is 4.79 Å². The summed E-state index contributed by atoms with van der Waals surface area (Å²) in [5, 5.41) is 2.81. The van der Waals surface area contributed by atoms with Crippen LogP contribution in [0.25, 0.3) is 11.0 Å². The summed E-state index contributed by atoms with van der Waals surface area (Å²) >= 11 is 0. The summed E-state index contributed by atoms with van der Waals surface area (Å²) in [6, 6.07) is 5.13. The Balaban J connectivity index is 2.60. The average Bonchev–Trinajstić information content (AvgIpc) is 2.41. The van der Waals surface area contributed by atoms with E-state index in [1.54, 1.807) is 32.3 Å². The monoisotopic (exact) mass is 289 g/mol. The highest BCUT2D eigenvalue weighted by molar-refractivity contribution is 5.96. The molecule has 1 aromatic heterocycles. The summed E-state index contributed by atoms with van der Waals surface area (Å²) in [7, 11) is 3.10. The molecule has 0 saturated carbocycles. The van der Waals surface area contributed by atoms with E-state index in [1.807, 2.05) is 20.8 Å². The van der Waals surface area contributed by atoms with Gasteiger partial charge in [-0.3, -0.25) is 14.4 Å². The van der Waals surface area contributed by atoms with Crippen molar-refractivity contribution in [2.45, 2.75) is 20.8 Å². The minimum Gasteiger partial charge on any atom is -0.326 e. The van der Waals surface area contributed by atoms with Crippen LogP contribution in [-0.4, -0.2) is 15.0 Å². The fourth-order valence-corrected chi connectivity index (χ4v) is 1.98. The van der Waals surface area contributed by atoms with Crippen LogP contribution in [0.1, 0.15) is 20.8 Å². The molecule has 2 rings (SSSR count). The second-order valence-corrected chi connectivity index (χ2v) is 6.14. The molecular formula is C15H19N3O3. The van der Waals surface area contributed by atoms with Crippen molar-refractivity contribution in [3.63, 3.8) is 0 Å². The van der Waals surface area contributed by atoms with E-state index >= 15 is 0 Å². The van der Waals surface area contributed by atoms with Crippen LogP contribution < -0.4 is 16.4 Å². The van der Waals surface area contributed by atoms with Gasteiger partial charge < -0.3 is 14.5 Å². The molecule has 21 heavy (non-hydrogen) atoms. The molecule has 0 unspecified atom stereocenters. The van der Waals surface area contributed by atoms with Crippen molar-refractivity contribution in [2.24, 2.45) is 19.5 Å². The van der Waals surface area contributed by atoms with E-state index < -0.39 is 16.5 Å². The first-order chi connectivity index (χ1) is 9.62. The molecule has 0 aliphatic rings. The van der Waals surface area contributed by atoms with Crippen molar-refractivity contribution in [3.8, 4) is 0 Å². The minimum absolute atomic E-state index is 0.114. The van der Waals surface area contributed by atoms with Crippen LogP contribution >= 0.6 is 0 Å². The third-order valence-corrected chi connectivity index (χ3v) is 3.43. The molecule has 6 nitrogen and oxygen atoms in total. The van der Waals surface area contributed by atoms with Gasteiger partial charge in [0, 0.05) is 25.2 Å². The molecule has 1 N–H and O–H groups in total. The number of aryl methyl sites for hydroxylation is 2. The quantitative estimate of drug-likeness (QED) is 0.802. The first kappa shape index (κ1) is 15.0. The van der Waals surface area contributed by atoms with E-state index in [0.29, 0.717) is 16.7 Å². The highest BCUT2D eigenvalue weighted by Crippen LogP contribution is 2.20. The second kappa shape index (κ2) is 4.87. The maximum absolute atomic E-state index is 12.0. The molecule has 2 aromatic rings. The van der Waals surface area contributed by atoms with Crippen molar-refractivity contribution >= 4 is 22.6 Å². The molecule has 0 saturated heterocycles. The number of aromatic nitrogens is 2. The predicted molar refractivity (Wildman–Crippen MR) is 82.5 cm³/mol. The summed E-state index contributed by atoms with van der Waals surface area (Å²) in [5.74, 6) is -0.114. The van der Waals surface area contributed by atoms with Gasteiger partial charge in [-0.1, -0.05) is 20.8 Å². The summed E-state index contributed by atoms with van der Waals surface area (Å²) < 4.78 is 2.61. The Morgan fingerprint density at radius 1 is 1.00 bits per heavy atom. The molecule has 1 amide bonds. The summed E-state index contributed by atoms with van der Waals surface area (Å²) in [4.78, 5) is 35.6. The lowest BCUT2D eigenvalue weighted by Gasteiger charge is -2.18. The Kier molecular flexibility index (Phi) is 3.49. The fourth-order valence-electron chi connectivity index (χ4n) is 1.98. The third-order valence-electron chi connectivity index (χ3n) is 3.43. The highest BCUT2D eigenvalue weighted by atomic mass is 16.2. The lowest BCUT2D eigenvalue weighted by Crippen LogP contribution is -2.39. The van der Waals surface area contributed by atoms with E-state index in [4.69, 9.17) is 0 Å². The summed E-state index contributed by atoms with van der Waals surface area (Å²) in [6.07, 6.45) is 0. The van der Waals surface area contributed by atoms with Gasteiger partial charge >= 0.3 is 11.1 Å². The van der Waals surface area contributed by atoms with Crippen LogP contribution in [0, 0.1) is 5.41 Å². The maximum Gasteiger partial charge on any atom is 0.316 e. The fraction of sp³-hybridized carbons (Fsp3) is 0.400. The number of hydrogen-bond acceptors (Lipinski definition) is 3. The van der Waals surface area contributed by atoms with E-state index in [1.165, 1.54) is 9.13 Å². The number of nitrogens with zero attached hydrogens (tertiary/aromatic N) is 2. The van der Waals surface area contributed by atoms with E-state index in [-0.39, 0.29) is 5.91 Å². The van der Waals surface area contributed by atoms with E-state index in [9.17, 15) is 14.4 Å². The normalized spacial score (nSPS) is 11.7. The maximum atomic E-state index is 12.0. The van der Waals surface area contributed by atoms with Gasteiger partial charge in [-0.15, -0.1) is 0 Å². The van der Waals surface area contributed by atoms with E-state index in [0.717, 1.165) is 0 Å². The number of fused-ring (bicyclic) bond motifs is 1. The lowest BCUT2D eigenvalue weighted by atomic mass is 9.95. The zero-order valence-electron chi connectivity index (χ0n) is 12.9. The molecule has 1 aromatic carbocycles. The van der Waals surface area contributed by atoms with Crippen molar-refractivity contribution in [1.29, 1.82) is 0 Å². The Labute approximate surface area is 122 Å². The van der Waals surface area contributed by atoms with Crippen LogP contribution in [-0.2, 0) is 18.9 Å². The van der Waals surface area contributed by atoms with Crippen LogP contribution in [0.15, 0.2) is 27.8 Å². The number of rotatable bonds is 1. The molecule has 0 atom stereocenters. The first-order valence-corrected chi connectivity index (χ1v) is 6.64. The highest BCUT2D eigenvalue weighted by Gasteiger charge is 2.21. The number of carbonyl (C=O) groups is 1. The van der Waals surface area contributed by atoms with Crippen LogP contribution in [0.4, 0.5) is 5.69 Å². The molecular weight excluding hydrogens is 270 g/mol. The first-order valence-electron chi connectivity index (χ1n) is 6.64. The third kappa shape index (κ3) is 2.61. The van der Waals surface area contributed by atoms with Gasteiger partial charge in [0.1, 0.15) is 0 Å². The number of amides is 1. The standard InChI is InChI=1S/C15H19N3O3/c1-15(2,3)14(21)16-9-6-7-10-11(8-9)18(5)13(20)12(19)17(10)4/h6-8H,1-5H3,(H,16,21). The predicted octanol–water partition coefficient (Wildman–Crippen LogP) is 1.22. The van der Waals surface area contributed by atoms with Crippen LogP contribution in [0.3, 0.4) is 0 Å². The van der Waals surface area contributed by atoms with Crippen LogP contribution in [0.2, 0.25) is 0 Å². The average molecular weight is 289 g/mol. The zero-order valence-corrected chi connectivity index (χ0v) is 12.9. The number of benzene rings is 1. The van der Waals surface area contributed by atoms with Gasteiger partial charge in [-0.25, -0.2) is 0 Å². The zero-order chi connectivity index (χ0) is 15.9. The Bertz CT molecular complexity index is 838. The largest absolute Gasteiger partial charge is 0.326 e. The second-order valence-electron chi connectivity index (χ2n) is 6.14. The Morgan fingerprint density at radius 3 is 2.05 bits per heavy atom. The van der Waals surface area contributed by atoms with Gasteiger partial charge in [0.2, 0.25) is 5.91 Å². The topological polar surface area (TPSA) is 73.1 Å². The van der Waals surface area contributed by atoms with Gasteiger partial charge in [0.25, 0.3) is 0 Å². The molecule has 1 heterocycles.